The molecule has 130 valence electrons. The second-order valence-corrected chi connectivity index (χ2v) is 6.28. The topological polar surface area (TPSA) is 64.6 Å². The van der Waals surface area contributed by atoms with E-state index in [2.05, 4.69) is 34.5 Å². The van der Waals surface area contributed by atoms with Gasteiger partial charge in [0.15, 0.2) is 0 Å². The van der Waals surface area contributed by atoms with E-state index in [1.165, 1.54) is 11.6 Å². The molecule has 1 atom stereocenters. The zero-order valence-electron chi connectivity index (χ0n) is 14.1. The lowest BCUT2D eigenvalue weighted by Gasteiger charge is -2.17. The van der Waals surface area contributed by atoms with E-state index in [1.807, 2.05) is 30.3 Å². The second kappa shape index (κ2) is 8.46. The molecule has 0 radical (unpaired) electrons. The maximum Gasteiger partial charge on any atom is 0.267 e. The third kappa shape index (κ3) is 5.17. The first-order valence-corrected chi connectivity index (χ1v) is 8.48. The summed E-state index contributed by atoms with van der Waals surface area (Å²) < 4.78 is 0. The molecule has 5 nitrogen and oxygen atoms in total. The van der Waals surface area contributed by atoms with Crippen LogP contribution in [0.1, 0.15) is 17.5 Å². The minimum atomic E-state index is -0.535. The lowest BCUT2D eigenvalue weighted by Crippen LogP contribution is -2.25. The summed E-state index contributed by atoms with van der Waals surface area (Å²) in [5.74, 6) is -0.535. The van der Waals surface area contributed by atoms with Crippen molar-refractivity contribution < 1.29 is 10.0 Å². The molecule has 2 aromatic rings. The number of hydroxylamine groups is 1. The molecule has 1 saturated heterocycles. The first kappa shape index (κ1) is 17.2. The number of rotatable bonds is 6. The van der Waals surface area contributed by atoms with Crippen LogP contribution in [0.3, 0.4) is 0 Å². The maximum atomic E-state index is 11.0. The van der Waals surface area contributed by atoms with Crippen molar-refractivity contribution in [2.45, 2.75) is 19.0 Å². The van der Waals surface area contributed by atoms with Crippen LogP contribution in [0.4, 0.5) is 5.69 Å². The molecule has 3 rings (SSSR count). The van der Waals surface area contributed by atoms with E-state index in [9.17, 15) is 4.79 Å². The molecule has 0 aliphatic carbocycles. The van der Waals surface area contributed by atoms with Gasteiger partial charge in [-0.2, -0.15) is 0 Å². The number of hydrogen-bond donors (Lipinski definition) is 3. The van der Waals surface area contributed by atoms with E-state index in [4.69, 9.17) is 5.21 Å². The molecule has 3 N–H and O–H groups in total. The standard InChI is InChI=1S/C20H23N3O2/c24-20(22-25)11-8-16-6-9-18(10-7-16)21-19-12-13-23(15-19)14-17-4-2-1-3-5-17/h1-11,19,21,25H,12-15H2,(H,22,24)/b11-8+/t19-/m1/s1. The minimum absolute atomic E-state index is 0.449. The molecular formula is C20H23N3O2. The zero-order valence-corrected chi connectivity index (χ0v) is 14.1. The summed E-state index contributed by atoms with van der Waals surface area (Å²) in [6, 6.07) is 18.9. The lowest BCUT2D eigenvalue weighted by molar-refractivity contribution is -0.124. The molecule has 5 heteroatoms. The van der Waals surface area contributed by atoms with Gasteiger partial charge in [0.25, 0.3) is 5.91 Å². The molecule has 0 spiro atoms. The van der Waals surface area contributed by atoms with Crippen LogP contribution < -0.4 is 10.8 Å². The highest BCUT2D eigenvalue weighted by Gasteiger charge is 2.22. The number of nitrogens with zero attached hydrogens (tertiary/aromatic N) is 1. The number of benzene rings is 2. The van der Waals surface area contributed by atoms with E-state index in [1.54, 1.807) is 11.6 Å². The van der Waals surface area contributed by atoms with Gasteiger partial charge in [-0.05, 0) is 35.8 Å². The van der Waals surface area contributed by atoms with Gasteiger partial charge in [-0.3, -0.25) is 14.9 Å². The van der Waals surface area contributed by atoms with Gasteiger partial charge in [0.1, 0.15) is 0 Å². The van der Waals surface area contributed by atoms with Crippen LogP contribution in [0, 0.1) is 0 Å². The molecule has 25 heavy (non-hydrogen) atoms. The average Bonchev–Trinajstić information content (AvgIpc) is 3.08. The molecule has 1 fully saturated rings. The molecule has 1 aliphatic rings. The number of amides is 1. The number of carbonyl (C=O) groups excluding carboxylic acids is 1. The fourth-order valence-electron chi connectivity index (χ4n) is 3.07. The Morgan fingerprint density at radius 3 is 2.64 bits per heavy atom. The van der Waals surface area contributed by atoms with Crippen molar-refractivity contribution >= 4 is 17.7 Å². The molecule has 1 heterocycles. The number of nitrogens with one attached hydrogen (secondary N) is 2. The minimum Gasteiger partial charge on any atom is -0.381 e. The van der Waals surface area contributed by atoms with Crippen LogP contribution in [0.5, 0.6) is 0 Å². The van der Waals surface area contributed by atoms with Gasteiger partial charge in [-0.1, -0.05) is 42.5 Å². The quantitative estimate of drug-likeness (QED) is 0.431. The SMILES string of the molecule is O=C(/C=C/c1ccc(N[C@@H]2CCN(Cc3ccccc3)C2)cc1)NO. The van der Waals surface area contributed by atoms with Gasteiger partial charge in [-0.25, -0.2) is 5.48 Å². The van der Waals surface area contributed by atoms with Crippen molar-refractivity contribution in [3.63, 3.8) is 0 Å². The number of carbonyl (C=O) groups is 1. The highest BCUT2D eigenvalue weighted by atomic mass is 16.5. The Labute approximate surface area is 147 Å². The normalized spacial score (nSPS) is 17.7. The summed E-state index contributed by atoms with van der Waals surface area (Å²) in [5, 5.41) is 12.0. The monoisotopic (exact) mass is 337 g/mol. The molecular weight excluding hydrogens is 314 g/mol. The third-order valence-electron chi connectivity index (χ3n) is 4.34. The van der Waals surface area contributed by atoms with Gasteiger partial charge in [0.2, 0.25) is 0 Å². The summed E-state index contributed by atoms with van der Waals surface area (Å²) >= 11 is 0. The van der Waals surface area contributed by atoms with Crippen molar-refractivity contribution in [1.29, 1.82) is 0 Å². The van der Waals surface area contributed by atoms with Crippen LogP contribution in [0.25, 0.3) is 6.08 Å². The molecule has 2 aromatic carbocycles. The number of anilines is 1. The molecule has 1 amide bonds. The highest BCUT2D eigenvalue weighted by molar-refractivity contribution is 5.90. The van der Waals surface area contributed by atoms with Crippen molar-refractivity contribution in [2.24, 2.45) is 0 Å². The summed E-state index contributed by atoms with van der Waals surface area (Å²) in [4.78, 5) is 13.4. The van der Waals surface area contributed by atoms with Crippen molar-refractivity contribution in [3.8, 4) is 0 Å². The first-order chi connectivity index (χ1) is 12.2. The Morgan fingerprint density at radius 1 is 1.16 bits per heavy atom. The summed E-state index contributed by atoms with van der Waals surface area (Å²) in [5.41, 5.74) is 4.91. The molecule has 1 aliphatic heterocycles. The molecule has 0 aromatic heterocycles. The van der Waals surface area contributed by atoms with Crippen molar-refractivity contribution in [3.05, 3.63) is 71.8 Å². The van der Waals surface area contributed by atoms with Gasteiger partial charge in [0, 0.05) is 37.4 Å². The van der Waals surface area contributed by atoms with E-state index in [0.717, 1.165) is 37.3 Å². The van der Waals surface area contributed by atoms with Crippen LogP contribution in [0.2, 0.25) is 0 Å². The van der Waals surface area contributed by atoms with Gasteiger partial charge in [0.05, 0.1) is 0 Å². The highest BCUT2D eigenvalue weighted by Crippen LogP contribution is 2.18. The molecule has 0 bridgehead atoms. The van der Waals surface area contributed by atoms with Crippen LogP contribution >= 0.6 is 0 Å². The smallest absolute Gasteiger partial charge is 0.267 e. The number of likely N-dealkylation sites (tertiary alicyclic amines) is 1. The third-order valence-corrected chi connectivity index (χ3v) is 4.34. The first-order valence-electron chi connectivity index (χ1n) is 8.48. The Bertz CT molecular complexity index is 713. The molecule has 0 unspecified atom stereocenters. The second-order valence-electron chi connectivity index (χ2n) is 6.28. The van der Waals surface area contributed by atoms with E-state index in [-0.39, 0.29) is 0 Å². The Hall–Kier alpha value is -2.63. The predicted octanol–water partition coefficient (Wildman–Crippen LogP) is 2.89. The Balaban J connectivity index is 1.50. The van der Waals surface area contributed by atoms with E-state index in [0.29, 0.717) is 6.04 Å². The largest absolute Gasteiger partial charge is 0.381 e. The van der Waals surface area contributed by atoms with Crippen molar-refractivity contribution in [1.82, 2.24) is 10.4 Å². The zero-order chi connectivity index (χ0) is 17.5. The average molecular weight is 337 g/mol. The van der Waals surface area contributed by atoms with E-state index >= 15 is 0 Å². The summed E-state index contributed by atoms with van der Waals surface area (Å²) in [6.45, 7) is 3.13. The fraction of sp³-hybridized carbons (Fsp3) is 0.250. The lowest BCUT2D eigenvalue weighted by atomic mass is 10.1. The summed E-state index contributed by atoms with van der Waals surface area (Å²) in [6.07, 6.45) is 4.08. The maximum absolute atomic E-state index is 11.0. The van der Waals surface area contributed by atoms with Crippen LogP contribution in [-0.2, 0) is 11.3 Å². The number of hydrogen-bond acceptors (Lipinski definition) is 4. The fourth-order valence-corrected chi connectivity index (χ4v) is 3.07. The van der Waals surface area contributed by atoms with Crippen LogP contribution in [0.15, 0.2) is 60.7 Å². The summed E-state index contributed by atoms with van der Waals surface area (Å²) in [7, 11) is 0. The Kier molecular flexibility index (Phi) is 5.82. The Morgan fingerprint density at radius 2 is 1.92 bits per heavy atom. The van der Waals surface area contributed by atoms with E-state index < -0.39 is 5.91 Å². The molecule has 0 saturated carbocycles. The van der Waals surface area contributed by atoms with Crippen LogP contribution in [-0.4, -0.2) is 35.1 Å². The van der Waals surface area contributed by atoms with Gasteiger partial charge in [-0.15, -0.1) is 0 Å². The van der Waals surface area contributed by atoms with Gasteiger partial charge < -0.3 is 5.32 Å². The van der Waals surface area contributed by atoms with Gasteiger partial charge >= 0.3 is 0 Å². The van der Waals surface area contributed by atoms with Crippen molar-refractivity contribution in [2.75, 3.05) is 18.4 Å². The predicted molar refractivity (Wildman–Crippen MR) is 99.2 cm³/mol.